The van der Waals surface area contributed by atoms with Gasteiger partial charge in [0, 0.05) is 36.9 Å². The quantitative estimate of drug-likeness (QED) is 0.914. The van der Waals surface area contributed by atoms with Crippen LogP contribution in [0.3, 0.4) is 0 Å². The molecular formula is C16H28N4. The van der Waals surface area contributed by atoms with Gasteiger partial charge in [-0.05, 0) is 58.7 Å². The third-order valence-electron chi connectivity index (χ3n) is 5.00. The van der Waals surface area contributed by atoms with Crippen molar-refractivity contribution < 1.29 is 0 Å². The minimum Gasteiger partial charge on any atom is -0.334 e. The van der Waals surface area contributed by atoms with E-state index in [1.54, 1.807) is 0 Å². The molecule has 2 aliphatic heterocycles. The molecule has 4 heteroatoms. The summed E-state index contributed by atoms with van der Waals surface area (Å²) in [6.45, 7) is 10.6. The molecule has 112 valence electrons. The SMILES string of the molecule is CC(C)N1CCC(Cn2cncc2C2CCNCC2)C1. The average molecular weight is 276 g/mol. The summed E-state index contributed by atoms with van der Waals surface area (Å²) in [6, 6.07) is 0.687. The number of hydrogen-bond donors (Lipinski definition) is 1. The van der Waals surface area contributed by atoms with E-state index in [0.717, 1.165) is 25.6 Å². The van der Waals surface area contributed by atoms with Crippen molar-refractivity contribution in [2.24, 2.45) is 5.92 Å². The summed E-state index contributed by atoms with van der Waals surface area (Å²) in [5.41, 5.74) is 1.47. The van der Waals surface area contributed by atoms with E-state index in [1.807, 2.05) is 0 Å². The smallest absolute Gasteiger partial charge is 0.0948 e. The molecule has 0 radical (unpaired) electrons. The lowest BCUT2D eigenvalue weighted by Crippen LogP contribution is -2.29. The van der Waals surface area contributed by atoms with Gasteiger partial charge in [-0.2, -0.15) is 0 Å². The molecule has 3 rings (SSSR count). The zero-order valence-electron chi connectivity index (χ0n) is 12.9. The maximum atomic E-state index is 4.42. The molecule has 4 nitrogen and oxygen atoms in total. The molecule has 0 saturated carbocycles. The first-order valence-electron chi connectivity index (χ1n) is 8.19. The summed E-state index contributed by atoms with van der Waals surface area (Å²) in [7, 11) is 0. The van der Waals surface area contributed by atoms with Crippen LogP contribution in [0, 0.1) is 5.92 Å². The van der Waals surface area contributed by atoms with Crippen LogP contribution >= 0.6 is 0 Å². The number of nitrogens with zero attached hydrogens (tertiary/aromatic N) is 3. The van der Waals surface area contributed by atoms with Crippen LogP contribution in [0.2, 0.25) is 0 Å². The molecule has 1 atom stereocenters. The summed E-state index contributed by atoms with van der Waals surface area (Å²) in [4.78, 5) is 7.03. The lowest BCUT2D eigenvalue weighted by molar-refractivity contribution is 0.260. The van der Waals surface area contributed by atoms with Gasteiger partial charge in [0.25, 0.3) is 0 Å². The number of likely N-dealkylation sites (tertiary alicyclic amines) is 1. The van der Waals surface area contributed by atoms with Gasteiger partial charge in [-0.1, -0.05) is 0 Å². The van der Waals surface area contributed by atoms with Gasteiger partial charge in [-0.3, -0.25) is 0 Å². The Morgan fingerprint density at radius 2 is 2.10 bits per heavy atom. The Balaban J connectivity index is 1.62. The number of rotatable bonds is 4. The zero-order valence-corrected chi connectivity index (χ0v) is 12.9. The van der Waals surface area contributed by atoms with Gasteiger partial charge < -0.3 is 14.8 Å². The van der Waals surface area contributed by atoms with Gasteiger partial charge in [0.05, 0.1) is 6.33 Å². The number of nitrogens with one attached hydrogen (secondary N) is 1. The summed E-state index contributed by atoms with van der Waals surface area (Å²) < 4.78 is 2.44. The van der Waals surface area contributed by atoms with E-state index in [2.05, 4.69) is 46.1 Å². The number of hydrogen-bond acceptors (Lipinski definition) is 3. The first kappa shape index (κ1) is 14.1. The molecule has 20 heavy (non-hydrogen) atoms. The predicted molar refractivity (Wildman–Crippen MR) is 81.9 cm³/mol. The van der Waals surface area contributed by atoms with E-state index in [-0.39, 0.29) is 0 Å². The van der Waals surface area contributed by atoms with E-state index in [1.165, 1.54) is 38.0 Å². The van der Waals surface area contributed by atoms with Crippen molar-refractivity contribution in [2.75, 3.05) is 26.2 Å². The van der Waals surface area contributed by atoms with Crippen molar-refractivity contribution in [2.45, 2.75) is 51.6 Å². The Labute approximate surface area is 122 Å². The summed E-state index contributed by atoms with van der Waals surface area (Å²) in [5, 5.41) is 3.45. The zero-order chi connectivity index (χ0) is 13.9. The largest absolute Gasteiger partial charge is 0.334 e. The molecule has 2 saturated heterocycles. The molecule has 0 aromatic carbocycles. The third kappa shape index (κ3) is 3.07. The molecule has 1 aromatic rings. The standard InChI is InChI=1S/C16H28N4/c1-13(2)19-8-5-14(10-19)11-20-12-18-9-16(20)15-3-6-17-7-4-15/h9,12-15,17H,3-8,10-11H2,1-2H3. The Hall–Kier alpha value is -0.870. The Bertz CT molecular complexity index is 420. The van der Waals surface area contributed by atoms with Gasteiger partial charge in [0.1, 0.15) is 0 Å². The molecule has 3 heterocycles. The highest BCUT2D eigenvalue weighted by Gasteiger charge is 2.26. The normalized spacial score (nSPS) is 25.6. The second kappa shape index (κ2) is 6.27. The van der Waals surface area contributed by atoms with Gasteiger partial charge in [-0.25, -0.2) is 4.98 Å². The van der Waals surface area contributed by atoms with Gasteiger partial charge in [0.2, 0.25) is 0 Å². The number of imidazole rings is 1. The van der Waals surface area contributed by atoms with E-state index in [0.29, 0.717) is 12.0 Å². The maximum Gasteiger partial charge on any atom is 0.0948 e. The van der Waals surface area contributed by atoms with Crippen molar-refractivity contribution >= 4 is 0 Å². The monoisotopic (exact) mass is 276 g/mol. The van der Waals surface area contributed by atoms with E-state index < -0.39 is 0 Å². The fraction of sp³-hybridized carbons (Fsp3) is 0.812. The third-order valence-corrected chi connectivity index (χ3v) is 5.00. The van der Waals surface area contributed by atoms with Gasteiger partial charge in [-0.15, -0.1) is 0 Å². The van der Waals surface area contributed by atoms with Crippen molar-refractivity contribution in [3.63, 3.8) is 0 Å². The van der Waals surface area contributed by atoms with Crippen molar-refractivity contribution in [3.05, 3.63) is 18.2 Å². The van der Waals surface area contributed by atoms with Crippen LogP contribution in [0.15, 0.2) is 12.5 Å². The topological polar surface area (TPSA) is 33.1 Å². The second-order valence-electron chi connectivity index (χ2n) is 6.74. The average Bonchev–Trinajstić information content (AvgIpc) is 3.09. The van der Waals surface area contributed by atoms with Gasteiger partial charge >= 0.3 is 0 Å². The van der Waals surface area contributed by atoms with E-state index in [4.69, 9.17) is 0 Å². The number of piperidine rings is 1. The highest BCUT2D eigenvalue weighted by atomic mass is 15.2. The molecule has 0 amide bonds. The maximum absolute atomic E-state index is 4.42. The fourth-order valence-corrected chi connectivity index (χ4v) is 3.70. The second-order valence-corrected chi connectivity index (χ2v) is 6.74. The van der Waals surface area contributed by atoms with Crippen LogP contribution in [-0.4, -0.2) is 46.7 Å². The van der Waals surface area contributed by atoms with Crippen LogP contribution in [0.1, 0.15) is 44.7 Å². The Morgan fingerprint density at radius 1 is 1.30 bits per heavy atom. The molecule has 2 aliphatic rings. The van der Waals surface area contributed by atoms with E-state index >= 15 is 0 Å². The summed E-state index contributed by atoms with van der Waals surface area (Å²) >= 11 is 0. The molecule has 0 bridgehead atoms. The van der Waals surface area contributed by atoms with Crippen LogP contribution in [0.4, 0.5) is 0 Å². The van der Waals surface area contributed by atoms with Crippen LogP contribution in [0.5, 0.6) is 0 Å². The minimum absolute atomic E-state index is 0.687. The van der Waals surface area contributed by atoms with Crippen molar-refractivity contribution in [1.29, 1.82) is 0 Å². The fourth-order valence-electron chi connectivity index (χ4n) is 3.70. The highest BCUT2D eigenvalue weighted by Crippen LogP contribution is 2.27. The molecule has 0 spiro atoms. The first-order chi connectivity index (χ1) is 9.74. The first-order valence-corrected chi connectivity index (χ1v) is 8.19. The lowest BCUT2D eigenvalue weighted by Gasteiger charge is -2.25. The molecular weight excluding hydrogens is 248 g/mol. The summed E-state index contributed by atoms with van der Waals surface area (Å²) in [5.74, 6) is 1.51. The molecule has 1 N–H and O–H groups in total. The van der Waals surface area contributed by atoms with Crippen LogP contribution < -0.4 is 5.32 Å². The van der Waals surface area contributed by atoms with Crippen LogP contribution in [0.25, 0.3) is 0 Å². The molecule has 0 aliphatic carbocycles. The Morgan fingerprint density at radius 3 is 2.80 bits per heavy atom. The highest BCUT2D eigenvalue weighted by molar-refractivity contribution is 5.08. The van der Waals surface area contributed by atoms with E-state index in [9.17, 15) is 0 Å². The number of aromatic nitrogens is 2. The van der Waals surface area contributed by atoms with Gasteiger partial charge in [0.15, 0.2) is 0 Å². The van der Waals surface area contributed by atoms with Crippen molar-refractivity contribution in [1.82, 2.24) is 19.8 Å². The molecule has 2 fully saturated rings. The molecule has 1 unspecified atom stereocenters. The molecule has 1 aromatic heterocycles. The van der Waals surface area contributed by atoms with Crippen molar-refractivity contribution in [3.8, 4) is 0 Å². The summed E-state index contributed by atoms with van der Waals surface area (Å²) in [6.07, 6.45) is 8.01. The minimum atomic E-state index is 0.687. The Kier molecular flexibility index (Phi) is 4.41. The van der Waals surface area contributed by atoms with Crippen LogP contribution in [-0.2, 0) is 6.54 Å². The lowest BCUT2D eigenvalue weighted by atomic mass is 9.94. The predicted octanol–water partition coefficient (Wildman–Crippen LogP) is 2.08.